The summed E-state index contributed by atoms with van der Waals surface area (Å²) in [5, 5.41) is 10.6. The number of unbranched alkanes of at least 4 members (excludes halogenated alkanes) is 43. The van der Waals surface area contributed by atoms with Gasteiger partial charge < -0.3 is 33.8 Å². The minimum Gasteiger partial charge on any atom is -0.462 e. The summed E-state index contributed by atoms with van der Waals surface area (Å²) in [6.45, 7) is 7.27. The molecule has 3 unspecified atom stereocenters. The van der Waals surface area contributed by atoms with E-state index in [2.05, 4.69) is 58.9 Å². The van der Waals surface area contributed by atoms with E-state index in [-0.39, 0.29) is 25.7 Å². The van der Waals surface area contributed by atoms with Crippen LogP contribution in [-0.4, -0.2) is 96.7 Å². The molecule has 0 aromatic carbocycles. The highest BCUT2D eigenvalue weighted by atomic mass is 31.2. The molecule has 0 amide bonds. The van der Waals surface area contributed by atoms with Gasteiger partial charge in [0, 0.05) is 25.7 Å². The Kier molecular flexibility index (Phi) is 67.8. The third kappa shape index (κ3) is 68.7. The van der Waals surface area contributed by atoms with Crippen LogP contribution in [0.1, 0.15) is 381 Å². The molecule has 0 saturated carbocycles. The predicted octanol–water partition coefficient (Wildman–Crippen LogP) is 22.4. The highest BCUT2D eigenvalue weighted by molar-refractivity contribution is 7.47. The SMILES string of the molecule is CCCCCC/C=C\C=C/CCCCCCCC(=O)OC[C@H](COP(=O)(O)OC[C@@H](O)COP(=O)(O)OC[C@@H](COC(=O)CCCCCCCCCCC)OC(=O)CCCCCCCCCCCCCCCC)OC(=O)CCCCCCCCCCCCCCCCC(C)CC. The molecule has 96 heavy (non-hydrogen) atoms. The van der Waals surface area contributed by atoms with Crippen molar-refractivity contribution < 1.29 is 80.2 Å². The highest BCUT2D eigenvalue weighted by Gasteiger charge is 2.30. The Morgan fingerprint density at radius 1 is 0.333 bits per heavy atom. The van der Waals surface area contributed by atoms with Crippen LogP contribution in [0.2, 0.25) is 0 Å². The number of allylic oxidation sites excluding steroid dienone is 4. The van der Waals surface area contributed by atoms with E-state index in [9.17, 15) is 43.2 Å². The number of carbonyl (C=O) groups excluding carboxylic acids is 4. The van der Waals surface area contributed by atoms with Crippen LogP contribution in [-0.2, 0) is 65.4 Å². The Morgan fingerprint density at radius 2 is 0.583 bits per heavy atom. The van der Waals surface area contributed by atoms with Crippen LogP contribution in [0.5, 0.6) is 0 Å². The molecule has 0 fully saturated rings. The van der Waals surface area contributed by atoms with Gasteiger partial charge in [-0.3, -0.25) is 37.3 Å². The summed E-state index contributed by atoms with van der Waals surface area (Å²) < 4.78 is 68.5. The maximum absolute atomic E-state index is 13.1. The fraction of sp³-hybridized carbons (Fsp3) is 0.896. The molecular formula is C77H146O17P2. The summed E-state index contributed by atoms with van der Waals surface area (Å²) in [4.78, 5) is 72.8. The van der Waals surface area contributed by atoms with Crippen LogP contribution in [0.3, 0.4) is 0 Å². The van der Waals surface area contributed by atoms with E-state index >= 15 is 0 Å². The first-order chi connectivity index (χ1) is 46.6. The molecule has 0 radical (unpaired) electrons. The van der Waals surface area contributed by atoms with Crippen LogP contribution < -0.4 is 0 Å². The van der Waals surface area contributed by atoms with Gasteiger partial charge in [-0.25, -0.2) is 9.13 Å². The number of hydrogen-bond acceptors (Lipinski definition) is 15. The predicted molar refractivity (Wildman–Crippen MR) is 391 cm³/mol. The molecule has 0 spiro atoms. The lowest BCUT2D eigenvalue weighted by Gasteiger charge is -2.21. The Balaban J connectivity index is 5.27. The van der Waals surface area contributed by atoms with Crippen molar-refractivity contribution in [1.29, 1.82) is 0 Å². The van der Waals surface area contributed by atoms with Gasteiger partial charge in [-0.15, -0.1) is 0 Å². The number of rotatable bonds is 75. The molecule has 0 aliphatic carbocycles. The van der Waals surface area contributed by atoms with E-state index in [1.807, 2.05) is 0 Å². The van der Waals surface area contributed by atoms with Crippen molar-refractivity contribution in [2.24, 2.45) is 5.92 Å². The molecule has 0 rings (SSSR count). The van der Waals surface area contributed by atoms with Crippen molar-refractivity contribution >= 4 is 39.5 Å². The Labute approximate surface area is 586 Å². The summed E-state index contributed by atoms with van der Waals surface area (Å²) in [6.07, 6.45) is 61.7. The lowest BCUT2D eigenvalue weighted by molar-refractivity contribution is -0.161. The van der Waals surface area contributed by atoms with E-state index in [0.717, 1.165) is 115 Å². The lowest BCUT2D eigenvalue weighted by atomic mass is 9.99. The largest absolute Gasteiger partial charge is 0.472 e. The van der Waals surface area contributed by atoms with Crippen molar-refractivity contribution in [2.75, 3.05) is 39.6 Å². The number of ether oxygens (including phenoxy) is 4. The van der Waals surface area contributed by atoms with Crippen molar-refractivity contribution in [1.82, 2.24) is 0 Å². The Morgan fingerprint density at radius 3 is 0.885 bits per heavy atom. The molecule has 0 heterocycles. The summed E-state index contributed by atoms with van der Waals surface area (Å²) >= 11 is 0. The van der Waals surface area contributed by atoms with Crippen LogP contribution in [0.15, 0.2) is 24.3 Å². The van der Waals surface area contributed by atoms with Crippen molar-refractivity contribution in [3.63, 3.8) is 0 Å². The second kappa shape index (κ2) is 69.6. The number of aliphatic hydroxyl groups excluding tert-OH is 1. The maximum Gasteiger partial charge on any atom is 0.472 e. The molecule has 17 nitrogen and oxygen atoms in total. The smallest absolute Gasteiger partial charge is 0.462 e. The van der Waals surface area contributed by atoms with Gasteiger partial charge in [-0.05, 0) is 57.3 Å². The first kappa shape index (κ1) is 93.5. The quantitative estimate of drug-likeness (QED) is 0.0169. The van der Waals surface area contributed by atoms with Crippen molar-refractivity contribution in [3.8, 4) is 0 Å². The van der Waals surface area contributed by atoms with E-state index in [1.165, 1.54) is 186 Å². The molecule has 3 N–H and O–H groups in total. The molecular weight excluding hydrogens is 1260 g/mol. The lowest BCUT2D eigenvalue weighted by Crippen LogP contribution is -2.30. The van der Waals surface area contributed by atoms with Crippen LogP contribution >= 0.6 is 15.6 Å². The number of carbonyl (C=O) groups is 4. The number of esters is 4. The van der Waals surface area contributed by atoms with Gasteiger partial charge in [0.25, 0.3) is 0 Å². The zero-order chi connectivity index (χ0) is 70.5. The standard InChI is InChI=1S/C77H146O17P2/c1-6-10-13-16-19-22-24-26-28-33-36-41-46-51-56-61-75(80)88-67-73(94-77(82)63-58-53-48-43-38-34-30-29-31-35-40-44-49-54-59-70(5)9-4)69-92-96(85,86)90-65-71(78)64-89-95(83,84)91-68-72(66-87-74(79)60-55-50-45-39-21-18-15-12-8-3)93-76(81)62-57-52-47-42-37-32-27-25-23-20-17-14-11-7-2/h22,24,26,28,70-73,78H,6-21,23,25,27,29-69H2,1-5H3,(H,83,84)(H,85,86)/b24-22-,28-26-/t70?,71-,72+,73+/m0/s1. The van der Waals surface area contributed by atoms with E-state index in [0.29, 0.717) is 25.7 Å². The second-order valence-electron chi connectivity index (χ2n) is 27.3. The highest BCUT2D eigenvalue weighted by Crippen LogP contribution is 2.45. The molecule has 0 aliphatic rings. The van der Waals surface area contributed by atoms with Crippen molar-refractivity contribution in [2.45, 2.75) is 400 Å². The van der Waals surface area contributed by atoms with E-state index in [1.54, 1.807) is 0 Å². The van der Waals surface area contributed by atoms with Gasteiger partial charge in [0.2, 0.25) is 0 Å². The van der Waals surface area contributed by atoms with Crippen LogP contribution in [0.4, 0.5) is 0 Å². The van der Waals surface area contributed by atoms with Gasteiger partial charge >= 0.3 is 39.5 Å². The maximum atomic E-state index is 13.1. The number of phosphoric acid groups is 2. The third-order valence-electron chi connectivity index (χ3n) is 17.8. The summed E-state index contributed by atoms with van der Waals surface area (Å²) in [5.41, 5.74) is 0. The van der Waals surface area contributed by atoms with Crippen LogP contribution in [0.25, 0.3) is 0 Å². The van der Waals surface area contributed by atoms with Gasteiger partial charge in [0.15, 0.2) is 12.2 Å². The summed E-state index contributed by atoms with van der Waals surface area (Å²) in [5.74, 6) is -1.30. The van der Waals surface area contributed by atoms with Gasteiger partial charge in [-0.1, -0.05) is 329 Å². The monoisotopic (exact) mass is 1410 g/mol. The van der Waals surface area contributed by atoms with E-state index < -0.39 is 97.5 Å². The van der Waals surface area contributed by atoms with Gasteiger partial charge in [0.05, 0.1) is 26.4 Å². The normalized spacial score (nSPS) is 14.4. The van der Waals surface area contributed by atoms with Crippen LogP contribution in [0, 0.1) is 5.92 Å². The fourth-order valence-corrected chi connectivity index (χ4v) is 12.9. The zero-order valence-electron chi connectivity index (χ0n) is 62.0. The number of aliphatic hydroxyl groups is 1. The average molecular weight is 1410 g/mol. The molecule has 6 atom stereocenters. The topological polar surface area (TPSA) is 237 Å². The van der Waals surface area contributed by atoms with Crippen molar-refractivity contribution in [3.05, 3.63) is 24.3 Å². The van der Waals surface area contributed by atoms with E-state index in [4.69, 9.17) is 37.0 Å². The Hall–Kier alpha value is -2.46. The minimum absolute atomic E-state index is 0.101. The number of hydrogen-bond donors (Lipinski definition) is 3. The average Bonchev–Trinajstić information content (AvgIpc) is 1.82. The summed E-state index contributed by atoms with van der Waals surface area (Å²) in [7, 11) is -9.92. The number of phosphoric ester groups is 2. The fourth-order valence-electron chi connectivity index (χ4n) is 11.3. The molecule has 0 saturated heterocycles. The molecule has 0 aliphatic heterocycles. The van der Waals surface area contributed by atoms with Gasteiger partial charge in [0.1, 0.15) is 19.3 Å². The first-order valence-corrected chi connectivity index (χ1v) is 42.5. The molecule has 19 heteroatoms. The first-order valence-electron chi connectivity index (χ1n) is 39.5. The molecule has 566 valence electrons. The second-order valence-corrected chi connectivity index (χ2v) is 30.2. The van der Waals surface area contributed by atoms with Gasteiger partial charge in [-0.2, -0.15) is 0 Å². The summed E-state index contributed by atoms with van der Waals surface area (Å²) in [6, 6.07) is 0. The zero-order valence-corrected chi connectivity index (χ0v) is 63.8. The minimum atomic E-state index is -4.96. The Bertz CT molecular complexity index is 1940. The molecule has 0 bridgehead atoms. The molecule has 0 aromatic rings. The molecule has 0 aromatic heterocycles. The third-order valence-corrected chi connectivity index (χ3v) is 19.7.